The van der Waals surface area contributed by atoms with Crippen molar-refractivity contribution in [2.75, 3.05) is 0 Å². The molecule has 0 spiro atoms. The molecular weight excluding hydrogens is 288 g/mol. The number of hydrogen-bond acceptors (Lipinski definition) is 1. The van der Waals surface area contributed by atoms with Gasteiger partial charge >= 0.3 is 0 Å². The molecule has 1 nitrogen and oxygen atoms in total. The Morgan fingerprint density at radius 3 is 2.56 bits per heavy atom. The van der Waals surface area contributed by atoms with Gasteiger partial charge in [-0.3, -0.25) is 0 Å². The molecular formula is C16H15BrO. The second-order valence-corrected chi connectivity index (χ2v) is 5.77. The summed E-state index contributed by atoms with van der Waals surface area (Å²) in [5, 5.41) is 0. The van der Waals surface area contributed by atoms with Crippen LogP contribution >= 0.6 is 15.9 Å². The van der Waals surface area contributed by atoms with Gasteiger partial charge in [0.15, 0.2) is 0 Å². The first kappa shape index (κ1) is 11.8. The van der Waals surface area contributed by atoms with Crippen LogP contribution in [0.5, 0.6) is 5.75 Å². The topological polar surface area (TPSA) is 9.23 Å². The zero-order valence-corrected chi connectivity index (χ0v) is 11.9. The van der Waals surface area contributed by atoms with Crippen molar-refractivity contribution < 1.29 is 4.74 Å². The highest BCUT2D eigenvalue weighted by Gasteiger charge is 2.29. The molecule has 0 radical (unpaired) electrons. The lowest BCUT2D eigenvalue weighted by atomic mass is 10.0. The molecule has 2 aromatic rings. The summed E-state index contributed by atoms with van der Waals surface area (Å²) in [6.07, 6.45) is 1.16. The van der Waals surface area contributed by atoms with Crippen molar-refractivity contribution in [2.24, 2.45) is 0 Å². The molecule has 0 saturated heterocycles. The minimum absolute atomic E-state index is 0.185. The Balaban J connectivity index is 1.80. The summed E-state index contributed by atoms with van der Waals surface area (Å²) in [4.78, 5) is 0.241. The SMILES string of the molecule is Cc1ccc(C(Br)C2Cc3ccccc3O2)cc1. The molecule has 2 atom stereocenters. The molecule has 3 rings (SSSR count). The molecule has 2 heteroatoms. The lowest BCUT2D eigenvalue weighted by Gasteiger charge is -2.18. The van der Waals surface area contributed by atoms with E-state index < -0.39 is 0 Å². The molecule has 0 fully saturated rings. The first-order valence-electron chi connectivity index (χ1n) is 6.19. The van der Waals surface area contributed by atoms with Crippen LogP contribution in [-0.2, 0) is 6.42 Å². The molecule has 2 aromatic carbocycles. The van der Waals surface area contributed by atoms with Gasteiger partial charge < -0.3 is 4.74 Å². The summed E-state index contributed by atoms with van der Waals surface area (Å²) >= 11 is 3.77. The lowest BCUT2D eigenvalue weighted by Crippen LogP contribution is -2.19. The van der Waals surface area contributed by atoms with E-state index >= 15 is 0 Å². The molecule has 1 aliphatic heterocycles. The summed E-state index contributed by atoms with van der Waals surface area (Å²) in [7, 11) is 0. The van der Waals surface area contributed by atoms with Crippen LogP contribution in [0.15, 0.2) is 48.5 Å². The van der Waals surface area contributed by atoms with Crippen molar-refractivity contribution in [3.8, 4) is 5.75 Å². The monoisotopic (exact) mass is 302 g/mol. The Kier molecular flexibility index (Phi) is 3.13. The maximum atomic E-state index is 6.01. The number of ether oxygens (including phenoxy) is 1. The van der Waals surface area contributed by atoms with Crippen molar-refractivity contribution >= 4 is 15.9 Å². The Morgan fingerprint density at radius 2 is 1.83 bits per heavy atom. The van der Waals surface area contributed by atoms with Crippen LogP contribution in [0.25, 0.3) is 0 Å². The minimum atomic E-state index is 0.185. The van der Waals surface area contributed by atoms with Gasteiger partial charge in [-0.15, -0.1) is 0 Å². The fourth-order valence-corrected chi connectivity index (χ4v) is 2.94. The zero-order valence-electron chi connectivity index (χ0n) is 10.3. The number of hydrogen-bond donors (Lipinski definition) is 0. The molecule has 0 aromatic heterocycles. The maximum absolute atomic E-state index is 6.01. The van der Waals surface area contributed by atoms with Gasteiger partial charge in [0.05, 0.1) is 4.83 Å². The summed E-state index contributed by atoms with van der Waals surface area (Å²) in [5.74, 6) is 1.03. The van der Waals surface area contributed by atoms with E-state index in [9.17, 15) is 0 Å². The van der Waals surface area contributed by atoms with Crippen molar-refractivity contribution in [3.05, 3.63) is 65.2 Å². The molecule has 0 saturated carbocycles. The average Bonchev–Trinajstić information content (AvgIpc) is 2.82. The highest BCUT2D eigenvalue weighted by molar-refractivity contribution is 9.09. The third-order valence-electron chi connectivity index (χ3n) is 3.39. The number of halogens is 1. The quantitative estimate of drug-likeness (QED) is 0.746. The normalized spacial score (nSPS) is 19.1. The molecule has 0 N–H and O–H groups in total. The number of rotatable bonds is 2. The smallest absolute Gasteiger partial charge is 0.123 e. The third-order valence-corrected chi connectivity index (χ3v) is 4.51. The first-order valence-corrected chi connectivity index (χ1v) is 7.11. The summed E-state index contributed by atoms with van der Waals surface area (Å²) in [5.41, 5.74) is 3.87. The zero-order chi connectivity index (χ0) is 12.5. The molecule has 92 valence electrons. The van der Waals surface area contributed by atoms with Crippen molar-refractivity contribution in [1.29, 1.82) is 0 Å². The number of para-hydroxylation sites is 1. The molecule has 18 heavy (non-hydrogen) atoms. The fourth-order valence-electron chi connectivity index (χ4n) is 2.34. The Bertz CT molecular complexity index is 522. The minimum Gasteiger partial charge on any atom is -0.488 e. The highest BCUT2D eigenvalue weighted by Crippen LogP contribution is 2.38. The average molecular weight is 303 g/mol. The molecule has 0 aliphatic carbocycles. The van der Waals surface area contributed by atoms with Crippen LogP contribution in [-0.4, -0.2) is 6.10 Å². The van der Waals surface area contributed by atoms with Crippen molar-refractivity contribution in [3.63, 3.8) is 0 Å². The van der Waals surface area contributed by atoms with E-state index in [1.54, 1.807) is 0 Å². The van der Waals surface area contributed by atoms with E-state index in [2.05, 4.69) is 59.3 Å². The fraction of sp³-hybridized carbons (Fsp3) is 0.250. The molecule has 2 unspecified atom stereocenters. The van der Waals surface area contributed by atoms with E-state index in [0.29, 0.717) is 0 Å². The second-order valence-electron chi connectivity index (χ2n) is 4.78. The van der Waals surface area contributed by atoms with Crippen LogP contribution < -0.4 is 4.74 Å². The van der Waals surface area contributed by atoms with E-state index in [1.807, 2.05) is 12.1 Å². The van der Waals surface area contributed by atoms with Crippen LogP contribution in [0, 0.1) is 6.92 Å². The summed E-state index contributed by atoms with van der Waals surface area (Å²) < 4.78 is 6.01. The van der Waals surface area contributed by atoms with E-state index in [1.165, 1.54) is 16.7 Å². The second kappa shape index (κ2) is 4.77. The van der Waals surface area contributed by atoms with E-state index in [0.717, 1.165) is 12.2 Å². The van der Waals surface area contributed by atoms with Gasteiger partial charge in [-0.25, -0.2) is 0 Å². The summed E-state index contributed by atoms with van der Waals surface area (Å²) in [6.45, 7) is 2.11. The Labute approximate surface area is 116 Å². The van der Waals surface area contributed by atoms with Gasteiger partial charge in [0.2, 0.25) is 0 Å². The van der Waals surface area contributed by atoms with Crippen LogP contribution in [0.3, 0.4) is 0 Å². The van der Waals surface area contributed by atoms with Gasteiger partial charge in [0.1, 0.15) is 11.9 Å². The van der Waals surface area contributed by atoms with Gasteiger partial charge in [0, 0.05) is 6.42 Å². The van der Waals surface area contributed by atoms with Gasteiger partial charge in [-0.2, -0.15) is 0 Å². The molecule has 1 heterocycles. The number of aryl methyl sites for hydroxylation is 1. The first-order chi connectivity index (χ1) is 8.74. The van der Waals surface area contributed by atoms with Gasteiger partial charge in [0.25, 0.3) is 0 Å². The molecule has 1 aliphatic rings. The Hall–Kier alpha value is -1.28. The summed E-state index contributed by atoms with van der Waals surface area (Å²) in [6, 6.07) is 16.9. The number of benzene rings is 2. The van der Waals surface area contributed by atoms with E-state index in [4.69, 9.17) is 4.74 Å². The standard InChI is InChI=1S/C16H15BrO/c1-11-6-8-12(9-7-11)16(17)15-10-13-4-2-3-5-14(13)18-15/h2-9,15-16H,10H2,1H3. The predicted octanol–water partition coefficient (Wildman–Crippen LogP) is 4.43. The van der Waals surface area contributed by atoms with E-state index in [-0.39, 0.29) is 10.9 Å². The lowest BCUT2D eigenvalue weighted by molar-refractivity contribution is 0.232. The van der Waals surface area contributed by atoms with Crippen LogP contribution in [0.4, 0.5) is 0 Å². The third kappa shape index (κ3) is 2.17. The van der Waals surface area contributed by atoms with Crippen molar-refractivity contribution in [1.82, 2.24) is 0 Å². The van der Waals surface area contributed by atoms with Crippen molar-refractivity contribution in [2.45, 2.75) is 24.3 Å². The highest BCUT2D eigenvalue weighted by atomic mass is 79.9. The Morgan fingerprint density at radius 1 is 1.11 bits per heavy atom. The molecule has 0 amide bonds. The van der Waals surface area contributed by atoms with Crippen LogP contribution in [0.1, 0.15) is 21.5 Å². The van der Waals surface area contributed by atoms with Gasteiger partial charge in [-0.1, -0.05) is 64.0 Å². The number of fused-ring (bicyclic) bond motifs is 1. The predicted molar refractivity (Wildman–Crippen MR) is 77.4 cm³/mol. The molecule has 0 bridgehead atoms. The largest absolute Gasteiger partial charge is 0.488 e. The maximum Gasteiger partial charge on any atom is 0.123 e. The van der Waals surface area contributed by atoms with Gasteiger partial charge in [-0.05, 0) is 24.1 Å². The van der Waals surface area contributed by atoms with Crippen LogP contribution in [0.2, 0.25) is 0 Å². The number of alkyl halides is 1.